The second-order valence-electron chi connectivity index (χ2n) is 3.62. The Morgan fingerprint density at radius 1 is 1.53 bits per heavy atom. The van der Waals surface area contributed by atoms with Crippen molar-refractivity contribution in [3.63, 3.8) is 0 Å². The molecule has 0 aliphatic rings. The van der Waals surface area contributed by atoms with Crippen LogP contribution in [0.15, 0.2) is 18.2 Å². The van der Waals surface area contributed by atoms with Gasteiger partial charge in [-0.1, -0.05) is 11.6 Å². The Morgan fingerprint density at radius 3 is 2.93 bits per heavy atom. The summed E-state index contributed by atoms with van der Waals surface area (Å²) < 4.78 is 0. The van der Waals surface area contributed by atoms with E-state index in [0.29, 0.717) is 17.3 Å². The SMILES string of the molecule is CC(Cc1cc(Cl)ccc1O)NCCN. The highest BCUT2D eigenvalue weighted by molar-refractivity contribution is 6.30. The smallest absolute Gasteiger partial charge is 0.118 e. The maximum absolute atomic E-state index is 9.60. The Balaban J connectivity index is 2.59. The maximum atomic E-state index is 9.60. The quantitative estimate of drug-likeness (QED) is 0.716. The number of nitrogens with one attached hydrogen (secondary N) is 1. The van der Waals surface area contributed by atoms with Crippen molar-refractivity contribution in [1.82, 2.24) is 5.32 Å². The lowest BCUT2D eigenvalue weighted by Crippen LogP contribution is -2.32. The van der Waals surface area contributed by atoms with Crippen molar-refractivity contribution < 1.29 is 5.11 Å². The van der Waals surface area contributed by atoms with Gasteiger partial charge >= 0.3 is 0 Å². The van der Waals surface area contributed by atoms with Gasteiger partial charge in [0.25, 0.3) is 0 Å². The summed E-state index contributed by atoms with van der Waals surface area (Å²) in [5.41, 5.74) is 6.25. The van der Waals surface area contributed by atoms with E-state index in [1.54, 1.807) is 18.2 Å². The van der Waals surface area contributed by atoms with Gasteiger partial charge in [0.05, 0.1) is 0 Å². The first kappa shape index (κ1) is 12.3. The monoisotopic (exact) mass is 228 g/mol. The van der Waals surface area contributed by atoms with Crippen LogP contribution in [0.2, 0.25) is 5.02 Å². The van der Waals surface area contributed by atoms with Gasteiger partial charge in [-0.2, -0.15) is 0 Å². The third-order valence-electron chi connectivity index (χ3n) is 2.20. The van der Waals surface area contributed by atoms with E-state index in [2.05, 4.69) is 12.2 Å². The van der Waals surface area contributed by atoms with Crippen LogP contribution in [0.3, 0.4) is 0 Å². The molecule has 4 N–H and O–H groups in total. The number of phenols is 1. The van der Waals surface area contributed by atoms with Crippen molar-refractivity contribution in [2.24, 2.45) is 5.73 Å². The molecule has 4 heteroatoms. The van der Waals surface area contributed by atoms with Gasteiger partial charge in [-0.15, -0.1) is 0 Å². The van der Waals surface area contributed by atoms with Crippen molar-refractivity contribution in [3.8, 4) is 5.75 Å². The molecule has 0 amide bonds. The van der Waals surface area contributed by atoms with Crippen LogP contribution in [-0.2, 0) is 6.42 Å². The van der Waals surface area contributed by atoms with E-state index in [-0.39, 0.29) is 6.04 Å². The third-order valence-corrected chi connectivity index (χ3v) is 2.44. The Labute approximate surface area is 95.2 Å². The Bertz CT molecular complexity index is 317. The molecule has 0 aromatic heterocycles. The fraction of sp³-hybridized carbons (Fsp3) is 0.455. The van der Waals surface area contributed by atoms with Crippen molar-refractivity contribution in [1.29, 1.82) is 0 Å². The molecular weight excluding hydrogens is 212 g/mol. The molecule has 0 bridgehead atoms. The van der Waals surface area contributed by atoms with Crippen LogP contribution in [0.25, 0.3) is 0 Å². The highest BCUT2D eigenvalue weighted by Crippen LogP contribution is 2.22. The van der Waals surface area contributed by atoms with E-state index in [4.69, 9.17) is 17.3 Å². The zero-order chi connectivity index (χ0) is 11.3. The summed E-state index contributed by atoms with van der Waals surface area (Å²) in [4.78, 5) is 0. The lowest BCUT2D eigenvalue weighted by atomic mass is 10.1. The Kier molecular flexibility index (Phi) is 4.88. The molecule has 0 aliphatic heterocycles. The minimum absolute atomic E-state index is 0.276. The van der Waals surface area contributed by atoms with Crippen LogP contribution in [0.1, 0.15) is 12.5 Å². The molecule has 15 heavy (non-hydrogen) atoms. The largest absolute Gasteiger partial charge is 0.508 e. The minimum Gasteiger partial charge on any atom is -0.508 e. The van der Waals surface area contributed by atoms with Crippen LogP contribution in [0.4, 0.5) is 0 Å². The molecule has 1 rings (SSSR count). The predicted molar refractivity (Wildman–Crippen MR) is 63.3 cm³/mol. The summed E-state index contributed by atoms with van der Waals surface area (Å²) >= 11 is 5.85. The maximum Gasteiger partial charge on any atom is 0.118 e. The van der Waals surface area contributed by atoms with E-state index >= 15 is 0 Å². The second-order valence-corrected chi connectivity index (χ2v) is 4.06. The number of benzene rings is 1. The van der Waals surface area contributed by atoms with E-state index in [0.717, 1.165) is 18.5 Å². The van der Waals surface area contributed by atoms with Crippen molar-refractivity contribution in [2.75, 3.05) is 13.1 Å². The van der Waals surface area contributed by atoms with Gasteiger partial charge in [0.1, 0.15) is 5.75 Å². The fourth-order valence-electron chi connectivity index (χ4n) is 1.45. The summed E-state index contributed by atoms with van der Waals surface area (Å²) in [6.07, 6.45) is 0.742. The van der Waals surface area contributed by atoms with Crippen molar-refractivity contribution in [2.45, 2.75) is 19.4 Å². The van der Waals surface area contributed by atoms with Crippen LogP contribution in [-0.4, -0.2) is 24.2 Å². The van der Waals surface area contributed by atoms with Gasteiger partial charge in [-0.05, 0) is 37.1 Å². The average molecular weight is 229 g/mol. The molecule has 0 saturated heterocycles. The van der Waals surface area contributed by atoms with Gasteiger partial charge in [0.2, 0.25) is 0 Å². The fourth-order valence-corrected chi connectivity index (χ4v) is 1.64. The molecule has 0 saturated carbocycles. The lowest BCUT2D eigenvalue weighted by molar-refractivity contribution is 0.460. The van der Waals surface area contributed by atoms with Gasteiger partial charge < -0.3 is 16.2 Å². The highest BCUT2D eigenvalue weighted by atomic mass is 35.5. The summed E-state index contributed by atoms with van der Waals surface area (Å²) in [6.45, 7) is 3.45. The third kappa shape index (κ3) is 4.08. The summed E-state index contributed by atoms with van der Waals surface area (Å²) in [7, 11) is 0. The van der Waals surface area contributed by atoms with Gasteiger partial charge in [-0.3, -0.25) is 0 Å². The van der Waals surface area contributed by atoms with Gasteiger partial charge in [-0.25, -0.2) is 0 Å². The molecule has 1 aromatic rings. The molecule has 1 aromatic carbocycles. The molecule has 3 nitrogen and oxygen atoms in total. The average Bonchev–Trinajstić information content (AvgIpc) is 2.20. The predicted octanol–water partition coefficient (Wildman–Crippen LogP) is 1.52. The Morgan fingerprint density at radius 2 is 2.27 bits per heavy atom. The van der Waals surface area contributed by atoms with Gasteiger partial charge in [0, 0.05) is 24.2 Å². The second kappa shape index (κ2) is 5.95. The first-order valence-electron chi connectivity index (χ1n) is 5.04. The molecule has 1 unspecified atom stereocenters. The number of aromatic hydroxyl groups is 1. The first-order valence-corrected chi connectivity index (χ1v) is 5.42. The number of nitrogens with two attached hydrogens (primary N) is 1. The first-order chi connectivity index (χ1) is 7.13. The highest BCUT2D eigenvalue weighted by Gasteiger charge is 2.07. The van der Waals surface area contributed by atoms with E-state index in [1.807, 2.05) is 0 Å². The van der Waals surface area contributed by atoms with Crippen LogP contribution in [0.5, 0.6) is 5.75 Å². The van der Waals surface area contributed by atoms with Crippen molar-refractivity contribution >= 4 is 11.6 Å². The zero-order valence-electron chi connectivity index (χ0n) is 8.83. The standard InChI is InChI=1S/C11H17ClN2O/c1-8(14-5-4-13)6-9-7-10(12)2-3-11(9)15/h2-3,7-8,14-15H,4-6,13H2,1H3. The molecule has 84 valence electrons. The van der Waals surface area contributed by atoms with Crippen molar-refractivity contribution in [3.05, 3.63) is 28.8 Å². The van der Waals surface area contributed by atoms with E-state index < -0.39 is 0 Å². The molecular formula is C11H17ClN2O. The van der Waals surface area contributed by atoms with Crippen LogP contribution in [0, 0.1) is 0 Å². The summed E-state index contributed by atoms with van der Waals surface area (Å²) in [6, 6.07) is 5.36. The van der Waals surface area contributed by atoms with Crippen LogP contribution < -0.4 is 11.1 Å². The van der Waals surface area contributed by atoms with E-state index in [1.165, 1.54) is 0 Å². The normalized spacial score (nSPS) is 12.7. The van der Waals surface area contributed by atoms with Gasteiger partial charge in [0.15, 0.2) is 0 Å². The number of phenolic OH excluding ortho intramolecular Hbond substituents is 1. The van der Waals surface area contributed by atoms with Crippen LogP contribution >= 0.6 is 11.6 Å². The number of rotatable bonds is 5. The molecule has 1 atom stereocenters. The molecule has 0 heterocycles. The Hall–Kier alpha value is -0.770. The molecule has 0 radical (unpaired) electrons. The number of hydrogen-bond acceptors (Lipinski definition) is 3. The molecule has 0 aliphatic carbocycles. The number of hydrogen-bond donors (Lipinski definition) is 3. The summed E-state index contributed by atoms with van der Waals surface area (Å²) in [5.74, 6) is 0.292. The molecule has 0 fully saturated rings. The van der Waals surface area contributed by atoms with E-state index in [9.17, 15) is 5.11 Å². The lowest BCUT2D eigenvalue weighted by Gasteiger charge is -2.14. The minimum atomic E-state index is 0.276. The topological polar surface area (TPSA) is 58.3 Å². The summed E-state index contributed by atoms with van der Waals surface area (Å²) in [5, 5.41) is 13.5. The number of halogens is 1. The molecule has 0 spiro atoms. The zero-order valence-corrected chi connectivity index (χ0v) is 9.59.